The standard InChI is InChI=1S/C17H13BrCl2N2O4S/c1-2-26-13-4-3-8(5-11(13)18)15(23)22-17(27)21-14-10(16(24)25)6-9(19)7-12(14)20/h3-7H,2H2,1H3,(H,24,25)(H2,21,22,23,27). The third-order valence-corrected chi connectivity index (χ3v) is 4.59. The Labute approximate surface area is 178 Å². The summed E-state index contributed by atoms with van der Waals surface area (Å²) in [7, 11) is 0. The van der Waals surface area contributed by atoms with E-state index in [1.54, 1.807) is 18.2 Å². The van der Waals surface area contributed by atoms with Gasteiger partial charge in [-0.15, -0.1) is 0 Å². The van der Waals surface area contributed by atoms with Gasteiger partial charge in [0.05, 0.1) is 27.4 Å². The molecule has 3 N–H and O–H groups in total. The minimum absolute atomic E-state index is 0.0340. The predicted molar refractivity (Wildman–Crippen MR) is 112 cm³/mol. The van der Waals surface area contributed by atoms with Crippen molar-refractivity contribution < 1.29 is 19.4 Å². The van der Waals surface area contributed by atoms with Gasteiger partial charge in [-0.2, -0.15) is 0 Å². The molecule has 0 aliphatic rings. The Morgan fingerprint density at radius 3 is 2.56 bits per heavy atom. The van der Waals surface area contributed by atoms with Gasteiger partial charge in [0.1, 0.15) is 5.75 Å². The molecule has 142 valence electrons. The summed E-state index contributed by atoms with van der Waals surface area (Å²) in [5.74, 6) is -1.13. The van der Waals surface area contributed by atoms with E-state index in [0.29, 0.717) is 22.4 Å². The molecule has 0 radical (unpaired) electrons. The number of benzene rings is 2. The second-order valence-corrected chi connectivity index (χ2v) is 7.21. The Morgan fingerprint density at radius 1 is 1.26 bits per heavy atom. The van der Waals surface area contributed by atoms with E-state index in [1.807, 2.05) is 6.92 Å². The van der Waals surface area contributed by atoms with Crippen molar-refractivity contribution in [3.05, 3.63) is 56.0 Å². The lowest BCUT2D eigenvalue weighted by Crippen LogP contribution is -2.34. The highest BCUT2D eigenvalue weighted by Gasteiger charge is 2.17. The number of halogens is 3. The summed E-state index contributed by atoms with van der Waals surface area (Å²) in [4.78, 5) is 23.7. The number of carbonyl (C=O) groups excluding carboxylic acids is 1. The lowest BCUT2D eigenvalue weighted by molar-refractivity contribution is 0.0697. The smallest absolute Gasteiger partial charge is 0.337 e. The molecule has 0 aliphatic heterocycles. The Balaban J connectivity index is 2.16. The molecule has 27 heavy (non-hydrogen) atoms. The molecule has 10 heteroatoms. The first-order chi connectivity index (χ1) is 12.7. The van der Waals surface area contributed by atoms with Crippen LogP contribution in [-0.4, -0.2) is 28.7 Å². The van der Waals surface area contributed by atoms with Crippen LogP contribution in [0.3, 0.4) is 0 Å². The zero-order valence-corrected chi connectivity index (χ0v) is 17.7. The van der Waals surface area contributed by atoms with E-state index in [1.165, 1.54) is 12.1 Å². The minimum Gasteiger partial charge on any atom is -0.493 e. The maximum atomic E-state index is 12.4. The number of hydrogen-bond acceptors (Lipinski definition) is 4. The van der Waals surface area contributed by atoms with E-state index in [0.717, 1.165) is 0 Å². The Morgan fingerprint density at radius 2 is 1.96 bits per heavy atom. The predicted octanol–water partition coefficient (Wildman–Crippen LogP) is 4.98. The Kier molecular flexibility index (Phi) is 7.43. The molecule has 0 bridgehead atoms. The molecule has 0 saturated carbocycles. The SMILES string of the molecule is CCOc1ccc(C(=O)NC(=S)Nc2c(Cl)cc(Cl)cc2C(=O)O)cc1Br. The molecule has 0 atom stereocenters. The number of amides is 1. The zero-order chi connectivity index (χ0) is 20.1. The molecule has 6 nitrogen and oxygen atoms in total. The van der Waals surface area contributed by atoms with Crippen LogP contribution in [0.25, 0.3) is 0 Å². The van der Waals surface area contributed by atoms with Crippen LogP contribution in [0.5, 0.6) is 5.75 Å². The number of thiocarbonyl (C=S) groups is 1. The summed E-state index contributed by atoms with van der Waals surface area (Å²) in [5, 5.41) is 14.5. The van der Waals surface area contributed by atoms with Crippen LogP contribution in [0.1, 0.15) is 27.6 Å². The first kappa shape index (κ1) is 21.4. The molecule has 2 aromatic rings. The first-order valence-corrected chi connectivity index (χ1v) is 9.45. The van der Waals surface area contributed by atoms with Gasteiger partial charge in [0.2, 0.25) is 0 Å². The van der Waals surface area contributed by atoms with Crippen molar-refractivity contribution in [3.63, 3.8) is 0 Å². The minimum atomic E-state index is -1.24. The molecule has 0 heterocycles. The molecule has 0 spiro atoms. The summed E-state index contributed by atoms with van der Waals surface area (Å²) in [6.07, 6.45) is 0. The highest BCUT2D eigenvalue weighted by molar-refractivity contribution is 9.10. The molecule has 0 aliphatic carbocycles. The van der Waals surface area contributed by atoms with Gasteiger partial charge in [0.15, 0.2) is 5.11 Å². The van der Waals surface area contributed by atoms with Crippen molar-refractivity contribution in [2.75, 3.05) is 11.9 Å². The molecule has 2 rings (SSSR count). The van der Waals surface area contributed by atoms with Crippen LogP contribution >= 0.6 is 51.3 Å². The van der Waals surface area contributed by atoms with Gasteiger partial charge in [-0.25, -0.2) is 4.79 Å². The van der Waals surface area contributed by atoms with Gasteiger partial charge in [0.25, 0.3) is 5.91 Å². The van der Waals surface area contributed by atoms with Crippen LogP contribution in [0.15, 0.2) is 34.8 Å². The van der Waals surface area contributed by atoms with Crippen LogP contribution in [0.2, 0.25) is 10.0 Å². The van der Waals surface area contributed by atoms with Crippen molar-refractivity contribution in [2.45, 2.75) is 6.92 Å². The third kappa shape index (κ3) is 5.55. The van der Waals surface area contributed by atoms with Crippen LogP contribution in [0.4, 0.5) is 5.69 Å². The number of hydrogen-bond donors (Lipinski definition) is 3. The van der Waals surface area contributed by atoms with Crippen LogP contribution < -0.4 is 15.4 Å². The number of nitrogens with one attached hydrogen (secondary N) is 2. The van der Waals surface area contributed by atoms with E-state index in [2.05, 4.69) is 26.6 Å². The van der Waals surface area contributed by atoms with Crippen molar-refractivity contribution in [1.29, 1.82) is 0 Å². The second-order valence-electron chi connectivity index (χ2n) is 5.10. The molecule has 0 saturated heterocycles. The van der Waals surface area contributed by atoms with Gasteiger partial charge < -0.3 is 15.2 Å². The van der Waals surface area contributed by atoms with Crippen molar-refractivity contribution in [3.8, 4) is 5.75 Å². The highest BCUT2D eigenvalue weighted by Crippen LogP contribution is 2.30. The molecular weight excluding hydrogens is 479 g/mol. The zero-order valence-electron chi connectivity index (χ0n) is 13.8. The third-order valence-electron chi connectivity index (χ3n) is 3.24. The summed E-state index contributed by atoms with van der Waals surface area (Å²) in [6.45, 7) is 2.34. The van der Waals surface area contributed by atoms with Gasteiger partial charge >= 0.3 is 5.97 Å². The quantitative estimate of drug-likeness (QED) is 0.511. The van der Waals surface area contributed by atoms with Crippen LogP contribution in [0, 0.1) is 0 Å². The summed E-state index contributed by atoms with van der Waals surface area (Å²) in [6, 6.07) is 7.40. The van der Waals surface area contributed by atoms with Crippen molar-refractivity contribution >= 4 is 74.0 Å². The maximum Gasteiger partial charge on any atom is 0.337 e. The van der Waals surface area contributed by atoms with Crippen molar-refractivity contribution in [2.24, 2.45) is 0 Å². The number of carboxylic acids is 1. The molecule has 0 aromatic heterocycles. The maximum absolute atomic E-state index is 12.4. The summed E-state index contributed by atoms with van der Waals surface area (Å²) < 4.78 is 6.01. The topological polar surface area (TPSA) is 87.7 Å². The van der Waals surface area contributed by atoms with Gasteiger partial charge in [-0.05, 0) is 65.4 Å². The second kappa shape index (κ2) is 9.36. The fourth-order valence-corrected chi connectivity index (χ4v) is 3.33. The summed E-state index contributed by atoms with van der Waals surface area (Å²) >= 11 is 20.3. The largest absolute Gasteiger partial charge is 0.493 e. The molecule has 1 amide bonds. The summed E-state index contributed by atoms with van der Waals surface area (Å²) in [5.41, 5.74) is 0.190. The van der Waals surface area contributed by atoms with Gasteiger partial charge in [-0.3, -0.25) is 10.1 Å². The first-order valence-electron chi connectivity index (χ1n) is 7.50. The molecular formula is C17H13BrCl2N2O4S. The fourth-order valence-electron chi connectivity index (χ4n) is 2.10. The average molecular weight is 492 g/mol. The Hall–Kier alpha value is -1.87. The van der Waals surface area contributed by atoms with E-state index < -0.39 is 11.9 Å². The average Bonchev–Trinajstić information content (AvgIpc) is 2.58. The van der Waals surface area contributed by atoms with Gasteiger partial charge in [0, 0.05) is 10.6 Å². The molecule has 0 unspecified atom stereocenters. The molecule has 0 fully saturated rings. The number of carbonyl (C=O) groups is 2. The van der Waals surface area contributed by atoms with Crippen LogP contribution in [-0.2, 0) is 0 Å². The monoisotopic (exact) mass is 490 g/mol. The number of rotatable bonds is 5. The number of aromatic carboxylic acids is 1. The Bertz CT molecular complexity index is 924. The lowest BCUT2D eigenvalue weighted by atomic mass is 10.2. The lowest BCUT2D eigenvalue weighted by Gasteiger charge is -2.14. The number of carboxylic acid groups (broad SMARTS) is 1. The highest BCUT2D eigenvalue weighted by atomic mass is 79.9. The fraction of sp³-hybridized carbons (Fsp3) is 0.118. The van der Waals surface area contributed by atoms with Crippen molar-refractivity contribution in [1.82, 2.24) is 5.32 Å². The number of ether oxygens (including phenoxy) is 1. The normalized spacial score (nSPS) is 10.2. The number of anilines is 1. The van der Waals surface area contributed by atoms with E-state index >= 15 is 0 Å². The van der Waals surface area contributed by atoms with E-state index in [9.17, 15) is 14.7 Å². The van der Waals surface area contributed by atoms with E-state index in [4.69, 9.17) is 40.2 Å². The molecule has 2 aromatic carbocycles. The van der Waals surface area contributed by atoms with Gasteiger partial charge in [-0.1, -0.05) is 23.2 Å². The van der Waals surface area contributed by atoms with E-state index in [-0.39, 0.29) is 26.4 Å².